The minimum absolute atomic E-state index is 0.0996. The van der Waals surface area contributed by atoms with Crippen molar-refractivity contribution in [3.05, 3.63) is 45.4 Å². The Hall–Kier alpha value is -2.76. The van der Waals surface area contributed by atoms with Gasteiger partial charge in [0.25, 0.3) is 5.78 Å². The van der Waals surface area contributed by atoms with Gasteiger partial charge in [-0.3, -0.25) is 4.79 Å². The van der Waals surface area contributed by atoms with Gasteiger partial charge in [0.1, 0.15) is 10.6 Å². The lowest BCUT2D eigenvalue weighted by molar-refractivity contribution is -0.113. The quantitative estimate of drug-likeness (QED) is 0.297. The first-order valence-electron chi connectivity index (χ1n) is 9.84. The van der Waals surface area contributed by atoms with Crippen molar-refractivity contribution in [1.29, 1.82) is 0 Å². The van der Waals surface area contributed by atoms with E-state index in [2.05, 4.69) is 20.4 Å². The van der Waals surface area contributed by atoms with Crippen LogP contribution < -0.4 is 5.32 Å². The molecule has 166 valence electrons. The second kappa shape index (κ2) is 9.39. The van der Waals surface area contributed by atoms with Crippen LogP contribution in [0.15, 0.2) is 28.0 Å². The SMILES string of the molecule is CCOC(=O)c1c(-c2cccs2)csc1NC(=O)CSc1nc2nc(C)c(C)c(C)n2n1. The molecule has 0 unspecified atom stereocenters. The molecular weight excluding hydrogens is 466 g/mol. The molecule has 4 aromatic heterocycles. The minimum atomic E-state index is -0.450. The number of aryl methyl sites for hydroxylation is 2. The van der Waals surface area contributed by atoms with Gasteiger partial charge in [-0.1, -0.05) is 17.8 Å². The minimum Gasteiger partial charge on any atom is -0.462 e. The number of ether oxygens (including phenoxy) is 1. The van der Waals surface area contributed by atoms with E-state index < -0.39 is 5.97 Å². The van der Waals surface area contributed by atoms with Crippen LogP contribution in [0.5, 0.6) is 0 Å². The zero-order chi connectivity index (χ0) is 22.8. The number of rotatable bonds is 7. The number of esters is 1. The van der Waals surface area contributed by atoms with E-state index in [0.29, 0.717) is 21.5 Å². The molecule has 8 nitrogen and oxygen atoms in total. The Morgan fingerprint density at radius 3 is 2.75 bits per heavy atom. The van der Waals surface area contributed by atoms with Gasteiger partial charge in [-0.25, -0.2) is 14.3 Å². The molecule has 0 aromatic carbocycles. The Labute approximate surface area is 197 Å². The van der Waals surface area contributed by atoms with Crippen molar-refractivity contribution in [3.8, 4) is 10.4 Å². The van der Waals surface area contributed by atoms with Gasteiger partial charge in [0.15, 0.2) is 0 Å². The number of hydrogen-bond donors (Lipinski definition) is 1. The third kappa shape index (κ3) is 4.41. The highest BCUT2D eigenvalue weighted by Gasteiger charge is 2.23. The van der Waals surface area contributed by atoms with Crippen molar-refractivity contribution in [2.75, 3.05) is 17.7 Å². The third-order valence-corrected chi connectivity index (χ3v) is 7.52. The van der Waals surface area contributed by atoms with Gasteiger partial charge < -0.3 is 10.1 Å². The van der Waals surface area contributed by atoms with Crippen molar-refractivity contribution in [1.82, 2.24) is 19.6 Å². The Bertz CT molecular complexity index is 1290. The normalized spacial score (nSPS) is 11.1. The summed E-state index contributed by atoms with van der Waals surface area (Å²) in [5.41, 5.74) is 4.08. The number of thioether (sulfide) groups is 1. The first-order valence-corrected chi connectivity index (χ1v) is 12.6. The first kappa shape index (κ1) is 22.4. The zero-order valence-electron chi connectivity index (χ0n) is 18.0. The molecule has 0 atom stereocenters. The summed E-state index contributed by atoms with van der Waals surface area (Å²) in [6.07, 6.45) is 0. The standard InChI is InChI=1S/C21H21N5O3S3/c1-5-29-19(28)17-14(15-7-6-8-30-15)9-31-18(17)23-16(27)10-32-21-24-20-22-12(3)11(2)13(4)26(20)25-21/h6-9H,5,10H2,1-4H3,(H,23,27). The summed E-state index contributed by atoms with van der Waals surface area (Å²) in [5.74, 6) is -0.0926. The van der Waals surface area contributed by atoms with Crippen LogP contribution in [0.4, 0.5) is 5.00 Å². The molecule has 1 amide bonds. The Morgan fingerprint density at radius 1 is 1.22 bits per heavy atom. The maximum absolute atomic E-state index is 12.7. The maximum atomic E-state index is 12.7. The van der Waals surface area contributed by atoms with Crippen molar-refractivity contribution < 1.29 is 14.3 Å². The Balaban J connectivity index is 1.50. The number of anilines is 1. The van der Waals surface area contributed by atoms with E-state index in [4.69, 9.17) is 4.74 Å². The zero-order valence-corrected chi connectivity index (χ0v) is 20.4. The molecule has 4 rings (SSSR count). The van der Waals surface area contributed by atoms with Gasteiger partial charge in [0, 0.05) is 27.2 Å². The number of hydrogen-bond acceptors (Lipinski definition) is 9. The summed E-state index contributed by atoms with van der Waals surface area (Å²) in [6, 6.07) is 3.86. The molecule has 0 spiro atoms. The van der Waals surface area contributed by atoms with Gasteiger partial charge in [-0.2, -0.15) is 4.98 Å². The van der Waals surface area contributed by atoms with Crippen molar-refractivity contribution in [2.45, 2.75) is 32.9 Å². The van der Waals surface area contributed by atoms with Crippen LogP contribution in [0, 0.1) is 20.8 Å². The van der Waals surface area contributed by atoms with E-state index in [1.54, 1.807) is 11.4 Å². The maximum Gasteiger partial charge on any atom is 0.341 e. The number of fused-ring (bicyclic) bond motifs is 1. The number of thiophene rings is 2. The number of carbonyl (C=O) groups is 2. The molecule has 1 N–H and O–H groups in total. The fraction of sp³-hybridized carbons (Fsp3) is 0.286. The topological polar surface area (TPSA) is 98.5 Å². The Morgan fingerprint density at radius 2 is 2.03 bits per heavy atom. The van der Waals surface area contributed by atoms with Gasteiger partial charge in [0.2, 0.25) is 11.1 Å². The molecule has 4 heterocycles. The average Bonchev–Trinajstić information content (AvgIpc) is 3.50. The lowest BCUT2D eigenvalue weighted by atomic mass is 10.1. The predicted octanol–water partition coefficient (Wildman–Crippen LogP) is 4.75. The lowest BCUT2D eigenvalue weighted by Gasteiger charge is -2.07. The second-order valence-corrected chi connectivity index (χ2v) is 9.67. The van der Waals surface area contributed by atoms with Crippen LogP contribution in [-0.2, 0) is 9.53 Å². The number of amides is 1. The molecule has 0 aliphatic rings. The average molecular weight is 488 g/mol. The smallest absolute Gasteiger partial charge is 0.341 e. The van der Waals surface area contributed by atoms with Gasteiger partial charge in [0.05, 0.1) is 12.4 Å². The predicted molar refractivity (Wildman–Crippen MR) is 128 cm³/mol. The lowest BCUT2D eigenvalue weighted by Crippen LogP contribution is -2.16. The largest absolute Gasteiger partial charge is 0.462 e. The molecule has 0 aliphatic heterocycles. The van der Waals surface area contributed by atoms with Crippen molar-refractivity contribution in [3.63, 3.8) is 0 Å². The Kier molecular flexibility index (Phi) is 6.58. The number of carbonyl (C=O) groups excluding carboxylic acids is 2. The van der Waals surface area contributed by atoms with E-state index >= 15 is 0 Å². The van der Waals surface area contributed by atoms with Crippen molar-refractivity contribution >= 4 is 57.1 Å². The van der Waals surface area contributed by atoms with Crippen LogP contribution in [0.25, 0.3) is 16.2 Å². The highest BCUT2D eigenvalue weighted by atomic mass is 32.2. The fourth-order valence-electron chi connectivity index (χ4n) is 3.06. The van der Waals surface area contributed by atoms with E-state index in [1.165, 1.54) is 34.4 Å². The van der Waals surface area contributed by atoms with Crippen LogP contribution in [0.3, 0.4) is 0 Å². The molecule has 0 aliphatic carbocycles. The summed E-state index contributed by atoms with van der Waals surface area (Å²) in [5, 5.41) is 12.1. The van der Waals surface area contributed by atoms with Crippen LogP contribution in [0.1, 0.15) is 34.2 Å². The summed E-state index contributed by atoms with van der Waals surface area (Å²) in [6.45, 7) is 7.90. The molecule has 0 saturated carbocycles. The van der Waals surface area contributed by atoms with Crippen LogP contribution >= 0.6 is 34.4 Å². The molecule has 0 radical (unpaired) electrons. The van der Waals surface area contributed by atoms with E-state index in [0.717, 1.165) is 27.4 Å². The van der Waals surface area contributed by atoms with Crippen LogP contribution in [0.2, 0.25) is 0 Å². The molecule has 0 saturated heterocycles. The summed E-state index contributed by atoms with van der Waals surface area (Å²) in [4.78, 5) is 35.1. The molecule has 32 heavy (non-hydrogen) atoms. The number of nitrogens with zero attached hydrogens (tertiary/aromatic N) is 4. The molecule has 11 heteroatoms. The monoisotopic (exact) mass is 487 g/mol. The number of aromatic nitrogens is 4. The second-order valence-electron chi connectivity index (χ2n) is 6.90. The first-order chi connectivity index (χ1) is 15.4. The van der Waals surface area contributed by atoms with E-state index in [-0.39, 0.29) is 18.3 Å². The third-order valence-electron chi connectivity index (χ3n) is 4.88. The van der Waals surface area contributed by atoms with Gasteiger partial charge >= 0.3 is 5.97 Å². The highest BCUT2D eigenvalue weighted by Crippen LogP contribution is 2.38. The highest BCUT2D eigenvalue weighted by molar-refractivity contribution is 7.99. The molecule has 0 bridgehead atoms. The van der Waals surface area contributed by atoms with Crippen molar-refractivity contribution in [2.24, 2.45) is 0 Å². The number of nitrogens with one attached hydrogen (secondary N) is 1. The van der Waals surface area contributed by atoms with E-state index in [1.807, 2.05) is 43.7 Å². The van der Waals surface area contributed by atoms with Gasteiger partial charge in [-0.05, 0) is 44.7 Å². The molecule has 4 aromatic rings. The van der Waals surface area contributed by atoms with Gasteiger partial charge in [-0.15, -0.1) is 27.8 Å². The molecular formula is C21H21N5O3S3. The summed E-state index contributed by atoms with van der Waals surface area (Å²) in [7, 11) is 0. The fourth-order valence-corrected chi connectivity index (χ4v) is 5.47. The summed E-state index contributed by atoms with van der Waals surface area (Å²) < 4.78 is 6.92. The molecule has 0 fully saturated rings. The van der Waals surface area contributed by atoms with E-state index in [9.17, 15) is 9.59 Å². The van der Waals surface area contributed by atoms with Crippen LogP contribution in [-0.4, -0.2) is 43.8 Å². The summed E-state index contributed by atoms with van der Waals surface area (Å²) >= 11 is 4.05.